The van der Waals surface area contributed by atoms with Crippen LogP contribution in [0.25, 0.3) is 0 Å². The van der Waals surface area contributed by atoms with E-state index in [2.05, 4.69) is 11.9 Å². The molecule has 0 radical (unpaired) electrons. The molecule has 0 bridgehead atoms. The zero-order valence-corrected chi connectivity index (χ0v) is 22.4. The van der Waals surface area contributed by atoms with Crippen molar-refractivity contribution >= 4 is 5.91 Å². The molecule has 0 spiro atoms. The SMILES string of the molecule is C=C1C[C@](OC)([C@H](O)C(=O)N[C@@H](OC)[C@@H]2C[C@@H](O)C(C)(C)[C@@H](C[C@@H](COC)OC)O2)O[C@H](C)[C@@H]1C. The van der Waals surface area contributed by atoms with Gasteiger partial charge in [-0.3, -0.25) is 4.79 Å². The molecule has 0 unspecified atom stereocenters. The highest BCUT2D eigenvalue weighted by Crippen LogP contribution is 2.41. The number of nitrogens with one attached hydrogen (secondary N) is 1. The number of hydrogen-bond acceptors (Lipinski definition) is 9. The molecule has 1 amide bonds. The van der Waals surface area contributed by atoms with Crippen LogP contribution in [0, 0.1) is 11.3 Å². The van der Waals surface area contributed by atoms with Crippen LogP contribution in [-0.4, -0.2) is 99.8 Å². The molecule has 2 saturated heterocycles. The van der Waals surface area contributed by atoms with Gasteiger partial charge in [0.2, 0.25) is 5.79 Å². The first kappa shape index (κ1) is 30.1. The molecular formula is C25H45NO9. The zero-order chi connectivity index (χ0) is 26.6. The van der Waals surface area contributed by atoms with Gasteiger partial charge in [-0.1, -0.05) is 32.9 Å². The molecule has 2 aliphatic heterocycles. The van der Waals surface area contributed by atoms with Gasteiger partial charge in [0, 0.05) is 59.0 Å². The molecule has 0 aromatic carbocycles. The van der Waals surface area contributed by atoms with Crippen molar-refractivity contribution < 1.29 is 43.4 Å². The van der Waals surface area contributed by atoms with Crippen molar-refractivity contribution in [2.75, 3.05) is 35.0 Å². The van der Waals surface area contributed by atoms with Gasteiger partial charge in [0.15, 0.2) is 12.3 Å². The highest BCUT2D eigenvalue weighted by atomic mass is 16.7. The predicted molar refractivity (Wildman–Crippen MR) is 129 cm³/mol. The van der Waals surface area contributed by atoms with Gasteiger partial charge in [0.25, 0.3) is 5.91 Å². The van der Waals surface area contributed by atoms with Crippen molar-refractivity contribution in [3.8, 4) is 0 Å². The van der Waals surface area contributed by atoms with Crippen molar-refractivity contribution in [2.45, 2.75) is 95.6 Å². The summed E-state index contributed by atoms with van der Waals surface area (Å²) in [5.41, 5.74) is 0.264. The predicted octanol–water partition coefficient (Wildman–Crippen LogP) is 1.38. The van der Waals surface area contributed by atoms with Crippen LogP contribution in [0.5, 0.6) is 0 Å². The van der Waals surface area contributed by atoms with E-state index in [1.165, 1.54) is 14.2 Å². The van der Waals surface area contributed by atoms with Crippen LogP contribution in [-0.2, 0) is 33.2 Å². The van der Waals surface area contributed by atoms with E-state index in [0.717, 1.165) is 5.57 Å². The first-order valence-electron chi connectivity index (χ1n) is 12.1. The summed E-state index contributed by atoms with van der Waals surface area (Å²) in [6.45, 7) is 12.1. The number of carbonyl (C=O) groups excluding carboxylic acids is 1. The summed E-state index contributed by atoms with van der Waals surface area (Å²) < 4.78 is 34.1. The van der Waals surface area contributed by atoms with Crippen LogP contribution in [0.3, 0.4) is 0 Å². The summed E-state index contributed by atoms with van der Waals surface area (Å²) in [7, 11) is 6.01. The van der Waals surface area contributed by atoms with Crippen LogP contribution >= 0.6 is 0 Å². The van der Waals surface area contributed by atoms with E-state index in [1.807, 2.05) is 27.7 Å². The molecule has 0 aromatic heterocycles. The summed E-state index contributed by atoms with van der Waals surface area (Å²) in [5.74, 6) is -2.23. The quantitative estimate of drug-likeness (QED) is 0.283. The minimum atomic E-state index is -1.64. The van der Waals surface area contributed by atoms with Gasteiger partial charge in [-0.25, -0.2) is 0 Å². The first-order valence-corrected chi connectivity index (χ1v) is 12.1. The topological polar surface area (TPSA) is 125 Å². The van der Waals surface area contributed by atoms with Crippen molar-refractivity contribution in [3.63, 3.8) is 0 Å². The van der Waals surface area contributed by atoms with Crippen molar-refractivity contribution in [2.24, 2.45) is 11.3 Å². The van der Waals surface area contributed by atoms with E-state index in [0.29, 0.717) is 13.0 Å². The van der Waals surface area contributed by atoms with Gasteiger partial charge in [-0.15, -0.1) is 0 Å². The Bertz CT molecular complexity index is 717. The number of ether oxygens (including phenoxy) is 6. The van der Waals surface area contributed by atoms with Gasteiger partial charge in [0.05, 0.1) is 31.0 Å². The Hall–Kier alpha value is -1.11. The lowest BCUT2D eigenvalue weighted by molar-refractivity contribution is -0.298. The fourth-order valence-electron chi connectivity index (χ4n) is 4.77. The normalized spacial score (nSPS) is 35.8. The Kier molecular flexibility index (Phi) is 10.7. The molecule has 3 N–H and O–H groups in total. The molecule has 2 heterocycles. The maximum absolute atomic E-state index is 13.1. The highest BCUT2D eigenvalue weighted by molar-refractivity contribution is 5.82. The summed E-state index contributed by atoms with van der Waals surface area (Å²) in [6, 6.07) is 0. The first-order chi connectivity index (χ1) is 16.4. The molecule has 0 saturated carbocycles. The van der Waals surface area contributed by atoms with E-state index in [-0.39, 0.29) is 31.0 Å². The van der Waals surface area contributed by atoms with Crippen LogP contribution < -0.4 is 5.32 Å². The number of methoxy groups -OCH3 is 4. The van der Waals surface area contributed by atoms with Crippen LogP contribution in [0.15, 0.2) is 12.2 Å². The highest BCUT2D eigenvalue weighted by Gasteiger charge is 2.51. The number of aliphatic hydroxyl groups excluding tert-OH is 2. The Morgan fingerprint density at radius 3 is 2.40 bits per heavy atom. The third-order valence-corrected chi connectivity index (χ3v) is 7.74. The molecular weight excluding hydrogens is 458 g/mol. The standard InChI is InChI=1S/C25H45NO9/c1-14-12-25(33-9,35-16(3)15(14)2)21(28)22(29)26-23(32-8)18-11-19(27)24(4,5)20(34-18)10-17(31-7)13-30-6/h15-21,23,27-28H,1,10-13H2,2-9H3,(H,26,29)/t15-,16-,17+,18+,19-,20-,21-,23+,25-/m1/s1. The second kappa shape index (κ2) is 12.4. The maximum Gasteiger partial charge on any atom is 0.256 e. The largest absolute Gasteiger partial charge is 0.392 e. The number of amides is 1. The van der Waals surface area contributed by atoms with Gasteiger partial charge in [-0.05, 0) is 6.92 Å². The molecule has 204 valence electrons. The van der Waals surface area contributed by atoms with Crippen molar-refractivity contribution in [3.05, 3.63) is 12.2 Å². The zero-order valence-electron chi connectivity index (χ0n) is 22.4. The van der Waals surface area contributed by atoms with E-state index in [1.54, 1.807) is 14.2 Å². The summed E-state index contributed by atoms with van der Waals surface area (Å²) in [6.07, 6.45) is -3.97. The van der Waals surface area contributed by atoms with E-state index < -0.39 is 47.8 Å². The monoisotopic (exact) mass is 503 g/mol. The van der Waals surface area contributed by atoms with E-state index >= 15 is 0 Å². The molecule has 9 atom stereocenters. The lowest BCUT2D eigenvalue weighted by Crippen LogP contribution is -2.62. The molecule has 10 nitrogen and oxygen atoms in total. The van der Waals surface area contributed by atoms with Gasteiger partial charge in [0.1, 0.15) is 6.10 Å². The van der Waals surface area contributed by atoms with E-state index in [9.17, 15) is 15.0 Å². The molecule has 2 aliphatic rings. The Morgan fingerprint density at radius 1 is 1.23 bits per heavy atom. The number of hydrogen-bond donors (Lipinski definition) is 3. The van der Waals surface area contributed by atoms with Gasteiger partial charge < -0.3 is 44.0 Å². The van der Waals surface area contributed by atoms with Crippen molar-refractivity contribution in [1.29, 1.82) is 0 Å². The third-order valence-electron chi connectivity index (χ3n) is 7.74. The Morgan fingerprint density at radius 2 is 1.89 bits per heavy atom. The molecule has 0 aliphatic carbocycles. The molecule has 35 heavy (non-hydrogen) atoms. The third kappa shape index (κ3) is 6.61. The Balaban J connectivity index is 2.16. The maximum atomic E-state index is 13.1. The number of aliphatic hydroxyl groups is 2. The fraction of sp³-hybridized carbons (Fsp3) is 0.880. The average Bonchev–Trinajstić information content (AvgIpc) is 2.82. The second-order valence-electron chi connectivity index (χ2n) is 10.3. The number of carbonyl (C=O) groups is 1. The summed E-state index contributed by atoms with van der Waals surface area (Å²) in [4.78, 5) is 13.1. The molecule has 10 heteroatoms. The Labute approximate surface area is 209 Å². The molecule has 2 fully saturated rings. The lowest BCUT2D eigenvalue weighted by Gasteiger charge is -2.48. The summed E-state index contributed by atoms with van der Waals surface area (Å²) in [5, 5.41) is 24.6. The van der Waals surface area contributed by atoms with Gasteiger partial charge in [-0.2, -0.15) is 0 Å². The van der Waals surface area contributed by atoms with Crippen LogP contribution in [0.2, 0.25) is 0 Å². The summed E-state index contributed by atoms with van der Waals surface area (Å²) >= 11 is 0. The van der Waals surface area contributed by atoms with Crippen molar-refractivity contribution in [1.82, 2.24) is 5.32 Å². The smallest absolute Gasteiger partial charge is 0.256 e. The second-order valence-corrected chi connectivity index (χ2v) is 10.3. The molecule has 0 aromatic rings. The van der Waals surface area contributed by atoms with Crippen LogP contribution in [0.1, 0.15) is 47.0 Å². The number of rotatable bonds is 11. The van der Waals surface area contributed by atoms with Gasteiger partial charge >= 0.3 is 0 Å². The lowest BCUT2D eigenvalue weighted by atomic mass is 9.74. The fourth-order valence-corrected chi connectivity index (χ4v) is 4.77. The minimum Gasteiger partial charge on any atom is -0.392 e. The molecule has 2 rings (SSSR count). The minimum absolute atomic E-state index is 0.0618. The van der Waals surface area contributed by atoms with E-state index in [4.69, 9.17) is 28.4 Å². The van der Waals surface area contributed by atoms with Crippen LogP contribution in [0.4, 0.5) is 0 Å². The average molecular weight is 504 g/mol.